The first-order valence-electron chi connectivity index (χ1n) is 6.54. The molecule has 0 atom stereocenters. The zero-order valence-electron chi connectivity index (χ0n) is 12.1. The second-order valence-electron chi connectivity index (χ2n) is 4.88. The predicted molar refractivity (Wildman–Crippen MR) is 81.7 cm³/mol. The Hall–Kier alpha value is -2.29. The molecule has 0 saturated carbocycles. The topological polar surface area (TPSA) is 29.5 Å². The van der Waals surface area contributed by atoms with Gasteiger partial charge in [0.05, 0.1) is 7.11 Å². The van der Waals surface area contributed by atoms with Crippen LogP contribution >= 0.6 is 0 Å². The number of hydrogen-bond acceptors (Lipinski definition) is 3. The van der Waals surface area contributed by atoms with Crippen LogP contribution in [0.4, 0.5) is 5.69 Å². The van der Waals surface area contributed by atoms with Gasteiger partial charge in [-0.3, -0.25) is 4.79 Å². The van der Waals surface area contributed by atoms with E-state index in [4.69, 9.17) is 4.74 Å². The molecule has 0 fully saturated rings. The lowest BCUT2D eigenvalue weighted by molar-refractivity contribution is 0.112. The monoisotopic (exact) mass is 269 g/mol. The predicted octanol–water partition coefficient (Wildman–Crippen LogP) is 3.45. The van der Waals surface area contributed by atoms with E-state index in [1.165, 1.54) is 5.56 Å². The molecule has 3 heteroatoms. The fourth-order valence-electron chi connectivity index (χ4n) is 2.21. The van der Waals surface area contributed by atoms with Gasteiger partial charge in [0.1, 0.15) is 12.0 Å². The number of aryl methyl sites for hydroxylation is 1. The van der Waals surface area contributed by atoms with Gasteiger partial charge in [-0.1, -0.05) is 12.1 Å². The van der Waals surface area contributed by atoms with E-state index in [1.54, 1.807) is 13.2 Å². The molecule has 0 aliphatic rings. The minimum atomic E-state index is 0.665. The summed E-state index contributed by atoms with van der Waals surface area (Å²) < 4.78 is 5.36. The molecule has 0 N–H and O–H groups in total. The number of carbonyl (C=O) groups excluding carboxylic acids is 1. The van der Waals surface area contributed by atoms with Crippen molar-refractivity contribution in [1.29, 1.82) is 0 Å². The number of methoxy groups -OCH3 is 1. The van der Waals surface area contributed by atoms with E-state index in [-0.39, 0.29) is 0 Å². The molecule has 2 aromatic rings. The highest BCUT2D eigenvalue weighted by Gasteiger charge is 2.08. The smallest absolute Gasteiger partial charge is 0.150 e. The average molecular weight is 269 g/mol. The number of hydrogen-bond donors (Lipinski definition) is 0. The zero-order valence-corrected chi connectivity index (χ0v) is 12.1. The molecule has 0 aliphatic heterocycles. The Morgan fingerprint density at radius 2 is 2.00 bits per heavy atom. The summed E-state index contributed by atoms with van der Waals surface area (Å²) in [4.78, 5) is 13.0. The SMILES string of the molecule is COc1ccc(C=O)cc1CN(C)c1cccc(C)c1. The first-order valence-corrected chi connectivity index (χ1v) is 6.54. The summed E-state index contributed by atoms with van der Waals surface area (Å²) in [6.45, 7) is 2.76. The molecule has 0 aromatic heterocycles. The Balaban J connectivity index is 2.26. The number of anilines is 1. The van der Waals surface area contributed by atoms with E-state index in [1.807, 2.05) is 25.2 Å². The van der Waals surface area contributed by atoms with E-state index in [0.29, 0.717) is 12.1 Å². The Morgan fingerprint density at radius 3 is 2.65 bits per heavy atom. The molecule has 0 amide bonds. The lowest BCUT2D eigenvalue weighted by Crippen LogP contribution is -2.17. The van der Waals surface area contributed by atoms with E-state index in [2.05, 4.69) is 30.0 Å². The molecule has 104 valence electrons. The number of aldehydes is 1. The highest BCUT2D eigenvalue weighted by Crippen LogP contribution is 2.23. The lowest BCUT2D eigenvalue weighted by Gasteiger charge is -2.21. The summed E-state index contributed by atoms with van der Waals surface area (Å²) in [5.74, 6) is 0.801. The maximum absolute atomic E-state index is 10.9. The van der Waals surface area contributed by atoms with E-state index in [9.17, 15) is 4.79 Å². The number of carbonyl (C=O) groups is 1. The lowest BCUT2D eigenvalue weighted by atomic mass is 10.1. The third-order valence-corrected chi connectivity index (χ3v) is 3.29. The summed E-state index contributed by atoms with van der Waals surface area (Å²) in [5.41, 5.74) is 4.03. The summed E-state index contributed by atoms with van der Waals surface area (Å²) in [6.07, 6.45) is 0.857. The summed E-state index contributed by atoms with van der Waals surface area (Å²) >= 11 is 0. The second kappa shape index (κ2) is 6.24. The summed E-state index contributed by atoms with van der Waals surface area (Å²) in [7, 11) is 3.67. The van der Waals surface area contributed by atoms with Gasteiger partial charge in [0, 0.05) is 30.4 Å². The minimum absolute atomic E-state index is 0.665. The van der Waals surface area contributed by atoms with Crippen LogP contribution in [0, 0.1) is 6.92 Å². The first kappa shape index (κ1) is 14.1. The van der Waals surface area contributed by atoms with Crippen molar-refractivity contribution in [3.8, 4) is 5.75 Å². The highest BCUT2D eigenvalue weighted by molar-refractivity contribution is 5.75. The molecule has 20 heavy (non-hydrogen) atoms. The van der Waals surface area contributed by atoms with Crippen LogP contribution < -0.4 is 9.64 Å². The van der Waals surface area contributed by atoms with Crippen molar-refractivity contribution in [3.63, 3.8) is 0 Å². The molecule has 2 rings (SSSR count). The van der Waals surface area contributed by atoms with Crippen LogP contribution in [-0.4, -0.2) is 20.4 Å². The first-order chi connectivity index (χ1) is 9.63. The van der Waals surface area contributed by atoms with Gasteiger partial charge >= 0.3 is 0 Å². The standard InChI is InChI=1S/C17H19NO2/c1-13-5-4-6-16(9-13)18(2)11-15-10-14(12-19)7-8-17(15)20-3/h4-10,12H,11H2,1-3H3. The Morgan fingerprint density at radius 1 is 1.20 bits per heavy atom. The fraction of sp³-hybridized carbons (Fsp3) is 0.235. The largest absolute Gasteiger partial charge is 0.496 e. The number of benzene rings is 2. The van der Waals surface area contributed by atoms with Gasteiger partial charge in [0.2, 0.25) is 0 Å². The number of ether oxygens (including phenoxy) is 1. The molecule has 0 aliphatic carbocycles. The van der Waals surface area contributed by atoms with Crippen LogP contribution in [0.1, 0.15) is 21.5 Å². The van der Waals surface area contributed by atoms with Crippen LogP contribution in [0.2, 0.25) is 0 Å². The van der Waals surface area contributed by atoms with Crippen molar-refractivity contribution in [1.82, 2.24) is 0 Å². The molecule has 0 spiro atoms. The van der Waals surface area contributed by atoms with Crippen LogP contribution in [-0.2, 0) is 6.54 Å². The molecule has 3 nitrogen and oxygen atoms in total. The van der Waals surface area contributed by atoms with Gasteiger partial charge in [-0.2, -0.15) is 0 Å². The van der Waals surface area contributed by atoms with Crippen molar-refractivity contribution in [2.45, 2.75) is 13.5 Å². The molecular weight excluding hydrogens is 250 g/mol. The van der Waals surface area contributed by atoms with Crippen molar-refractivity contribution in [2.75, 3.05) is 19.1 Å². The Kier molecular flexibility index (Phi) is 4.41. The number of rotatable bonds is 5. The summed E-state index contributed by atoms with van der Waals surface area (Å²) in [5, 5.41) is 0. The second-order valence-corrected chi connectivity index (χ2v) is 4.88. The molecule has 2 aromatic carbocycles. The van der Waals surface area contributed by atoms with Gasteiger partial charge in [0.25, 0.3) is 0 Å². The summed E-state index contributed by atoms with van der Waals surface area (Å²) in [6, 6.07) is 13.8. The van der Waals surface area contributed by atoms with Crippen LogP contribution in [0.15, 0.2) is 42.5 Å². The molecule has 0 saturated heterocycles. The maximum atomic E-state index is 10.9. The molecular formula is C17H19NO2. The molecule has 0 unspecified atom stereocenters. The van der Waals surface area contributed by atoms with E-state index >= 15 is 0 Å². The molecule has 0 heterocycles. The zero-order chi connectivity index (χ0) is 14.5. The van der Waals surface area contributed by atoms with Crippen LogP contribution in [0.25, 0.3) is 0 Å². The van der Waals surface area contributed by atoms with Gasteiger partial charge in [-0.15, -0.1) is 0 Å². The highest BCUT2D eigenvalue weighted by atomic mass is 16.5. The minimum Gasteiger partial charge on any atom is -0.496 e. The van der Waals surface area contributed by atoms with Gasteiger partial charge in [-0.05, 0) is 42.8 Å². The van der Waals surface area contributed by atoms with E-state index in [0.717, 1.165) is 23.3 Å². The third kappa shape index (κ3) is 3.18. The molecule has 0 bridgehead atoms. The Labute approximate surface area is 119 Å². The quantitative estimate of drug-likeness (QED) is 0.779. The van der Waals surface area contributed by atoms with Crippen molar-refractivity contribution in [3.05, 3.63) is 59.2 Å². The normalized spacial score (nSPS) is 10.2. The average Bonchev–Trinajstić information content (AvgIpc) is 2.47. The Bertz CT molecular complexity index is 608. The van der Waals surface area contributed by atoms with E-state index < -0.39 is 0 Å². The van der Waals surface area contributed by atoms with Crippen LogP contribution in [0.3, 0.4) is 0 Å². The van der Waals surface area contributed by atoms with Crippen molar-refractivity contribution in [2.24, 2.45) is 0 Å². The molecule has 0 radical (unpaired) electrons. The third-order valence-electron chi connectivity index (χ3n) is 3.29. The van der Waals surface area contributed by atoms with Crippen molar-refractivity contribution < 1.29 is 9.53 Å². The number of nitrogens with zero attached hydrogens (tertiary/aromatic N) is 1. The fourth-order valence-corrected chi connectivity index (χ4v) is 2.21. The van der Waals surface area contributed by atoms with Gasteiger partial charge in [0.15, 0.2) is 0 Å². The van der Waals surface area contributed by atoms with Gasteiger partial charge in [-0.25, -0.2) is 0 Å². The van der Waals surface area contributed by atoms with Crippen LogP contribution in [0.5, 0.6) is 5.75 Å². The maximum Gasteiger partial charge on any atom is 0.150 e. The van der Waals surface area contributed by atoms with Crippen molar-refractivity contribution >= 4 is 12.0 Å². The van der Waals surface area contributed by atoms with Gasteiger partial charge < -0.3 is 9.64 Å².